The normalized spacial score (nSPS) is 10.4. The van der Waals surface area contributed by atoms with E-state index >= 15 is 0 Å². The molecule has 2 aromatic carbocycles. The highest BCUT2D eigenvalue weighted by Gasteiger charge is 2.11. The number of rotatable bonds is 6. The second kappa shape index (κ2) is 9.00. The van der Waals surface area contributed by atoms with E-state index in [4.69, 9.17) is 4.74 Å². The maximum atomic E-state index is 12.8. The lowest BCUT2D eigenvalue weighted by Crippen LogP contribution is -2.42. The average Bonchev–Trinajstić information content (AvgIpc) is 3.20. The first kappa shape index (κ1) is 19.4. The first-order valence-corrected chi connectivity index (χ1v) is 9.08. The fraction of sp³-hybridized carbons (Fsp3) is 0.111. The molecule has 10 heteroatoms. The van der Waals surface area contributed by atoms with Crippen molar-refractivity contribution in [1.82, 2.24) is 26.0 Å². The summed E-state index contributed by atoms with van der Waals surface area (Å²) >= 11 is 1.11. The van der Waals surface area contributed by atoms with Crippen LogP contribution in [0.3, 0.4) is 0 Å². The molecule has 0 bridgehead atoms. The van der Waals surface area contributed by atoms with E-state index in [2.05, 4.69) is 26.0 Å². The number of halogens is 1. The Morgan fingerprint density at radius 1 is 1.11 bits per heavy atom. The van der Waals surface area contributed by atoms with Crippen LogP contribution in [0.1, 0.15) is 10.4 Å². The van der Waals surface area contributed by atoms with Gasteiger partial charge in [0.05, 0.1) is 12.9 Å². The summed E-state index contributed by atoms with van der Waals surface area (Å²) in [4.78, 5) is 28.0. The number of hydrogen-bond donors (Lipinski definition) is 3. The van der Waals surface area contributed by atoms with E-state index < -0.39 is 17.6 Å². The van der Waals surface area contributed by atoms with Gasteiger partial charge in [0.1, 0.15) is 11.6 Å². The molecular formula is C18H16FN5O3S. The van der Waals surface area contributed by atoms with Crippen molar-refractivity contribution < 1.29 is 18.7 Å². The molecule has 0 fully saturated rings. The second-order valence-electron chi connectivity index (χ2n) is 5.49. The van der Waals surface area contributed by atoms with Crippen molar-refractivity contribution in [3.63, 3.8) is 0 Å². The van der Waals surface area contributed by atoms with Gasteiger partial charge >= 0.3 is 0 Å². The third-order valence-electron chi connectivity index (χ3n) is 3.58. The lowest BCUT2D eigenvalue weighted by Gasteiger charge is -2.06. The standard InChI is InChI=1S/C18H16FN5O3S/c1-27-14-8-4-11(5-9-14)16-20-18(24-22-16)28-10-15(25)21-23-17(26)12-2-6-13(19)7-3-12/h2-9H,10H2,1H3,(H,21,25)(H,23,26)(H,20,22,24). The zero-order valence-corrected chi connectivity index (χ0v) is 15.5. The highest BCUT2D eigenvalue weighted by Crippen LogP contribution is 2.21. The molecule has 0 aliphatic rings. The van der Waals surface area contributed by atoms with E-state index in [1.165, 1.54) is 12.1 Å². The van der Waals surface area contributed by atoms with Gasteiger partial charge in [-0.25, -0.2) is 9.37 Å². The fourth-order valence-electron chi connectivity index (χ4n) is 2.16. The summed E-state index contributed by atoms with van der Waals surface area (Å²) in [6, 6.07) is 12.3. The number of nitrogens with zero attached hydrogens (tertiary/aromatic N) is 2. The molecule has 144 valence electrons. The van der Waals surface area contributed by atoms with Gasteiger partial charge in [-0.1, -0.05) is 11.8 Å². The van der Waals surface area contributed by atoms with Crippen LogP contribution in [0.15, 0.2) is 53.7 Å². The molecule has 3 rings (SSSR count). The Morgan fingerprint density at radius 3 is 2.50 bits per heavy atom. The molecule has 0 spiro atoms. The van der Waals surface area contributed by atoms with Crippen LogP contribution in [-0.2, 0) is 4.79 Å². The summed E-state index contributed by atoms with van der Waals surface area (Å²) in [5.74, 6) is -0.122. The number of benzene rings is 2. The number of aromatic nitrogens is 3. The molecule has 1 heterocycles. The molecule has 0 unspecified atom stereocenters. The number of carbonyl (C=O) groups excluding carboxylic acids is 2. The number of H-pyrrole nitrogens is 1. The van der Waals surface area contributed by atoms with E-state index in [1.54, 1.807) is 7.11 Å². The molecule has 28 heavy (non-hydrogen) atoms. The number of hydrazine groups is 1. The molecule has 2 amide bonds. The van der Waals surface area contributed by atoms with Crippen molar-refractivity contribution in [2.75, 3.05) is 12.9 Å². The first-order valence-electron chi connectivity index (χ1n) is 8.09. The number of nitrogens with one attached hydrogen (secondary N) is 3. The molecule has 0 radical (unpaired) electrons. The summed E-state index contributed by atoms with van der Waals surface area (Å²) in [6.07, 6.45) is 0. The highest BCUT2D eigenvalue weighted by atomic mass is 32.2. The van der Waals surface area contributed by atoms with Crippen molar-refractivity contribution >= 4 is 23.6 Å². The zero-order chi connectivity index (χ0) is 19.9. The molecule has 0 saturated heterocycles. The van der Waals surface area contributed by atoms with Crippen LogP contribution in [0.4, 0.5) is 4.39 Å². The maximum Gasteiger partial charge on any atom is 0.269 e. The Labute approximate surface area is 163 Å². The topological polar surface area (TPSA) is 109 Å². The van der Waals surface area contributed by atoms with Crippen molar-refractivity contribution in [1.29, 1.82) is 0 Å². The van der Waals surface area contributed by atoms with Crippen molar-refractivity contribution in [3.05, 3.63) is 59.9 Å². The third-order valence-corrected chi connectivity index (χ3v) is 4.43. The summed E-state index contributed by atoms with van der Waals surface area (Å²) in [5.41, 5.74) is 5.60. The van der Waals surface area contributed by atoms with E-state index in [9.17, 15) is 14.0 Å². The summed E-state index contributed by atoms with van der Waals surface area (Å²) < 4.78 is 18.0. The molecule has 0 aliphatic carbocycles. The largest absolute Gasteiger partial charge is 0.497 e. The minimum Gasteiger partial charge on any atom is -0.497 e. The minimum absolute atomic E-state index is 0.00358. The molecule has 0 aliphatic heterocycles. The number of hydrogen-bond acceptors (Lipinski definition) is 6. The van der Waals surface area contributed by atoms with E-state index in [0.29, 0.717) is 11.0 Å². The van der Waals surface area contributed by atoms with Crippen LogP contribution in [0.5, 0.6) is 5.75 Å². The van der Waals surface area contributed by atoms with Gasteiger partial charge in [0.15, 0.2) is 5.82 Å². The fourth-order valence-corrected chi connectivity index (χ4v) is 2.75. The average molecular weight is 401 g/mol. The zero-order valence-electron chi connectivity index (χ0n) is 14.7. The Kier molecular flexibility index (Phi) is 6.22. The number of carbonyl (C=O) groups is 2. The predicted molar refractivity (Wildman–Crippen MR) is 101 cm³/mol. The van der Waals surface area contributed by atoms with Crippen molar-refractivity contribution in [2.45, 2.75) is 5.16 Å². The van der Waals surface area contributed by atoms with Crippen LogP contribution in [-0.4, -0.2) is 39.9 Å². The summed E-state index contributed by atoms with van der Waals surface area (Å²) in [7, 11) is 1.59. The Hall–Kier alpha value is -3.40. The van der Waals surface area contributed by atoms with Gasteiger partial charge in [0.25, 0.3) is 5.91 Å². The SMILES string of the molecule is COc1ccc(-c2nc(SCC(=O)NNC(=O)c3ccc(F)cc3)n[nH]2)cc1. The molecular weight excluding hydrogens is 385 g/mol. The summed E-state index contributed by atoms with van der Waals surface area (Å²) in [6.45, 7) is 0. The molecule has 0 atom stereocenters. The number of amides is 2. The highest BCUT2D eigenvalue weighted by molar-refractivity contribution is 7.99. The maximum absolute atomic E-state index is 12.8. The van der Waals surface area contributed by atoms with Gasteiger partial charge in [-0.05, 0) is 48.5 Å². The van der Waals surface area contributed by atoms with Crippen LogP contribution >= 0.6 is 11.8 Å². The molecule has 8 nitrogen and oxygen atoms in total. The Bertz CT molecular complexity index is 960. The molecule has 1 aromatic heterocycles. The van der Waals surface area contributed by atoms with Gasteiger partial charge in [-0.2, -0.15) is 0 Å². The third kappa shape index (κ3) is 5.07. The van der Waals surface area contributed by atoms with Crippen LogP contribution in [0.2, 0.25) is 0 Å². The van der Waals surface area contributed by atoms with Gasteiger partial charge < -0.3 is 4.74 Å². The Balaban J connectivity index is 1.47. The molecule has 0 saturated carbocycles. The van der Waals surface area contributed by atoms with Gasteiger partial charge in [0, 0.05) is 11.1 Å². The van der Waals surface area contributed by atoms with Crippen LogP contribution < -0.4 is 15.6 Å². The van der Waals surface area contributed by atoms with Crippen molar-refractivity contribution in [2.24, 2.45) is 0 Å². The number of thioether (sulfide) groups is 1. The van der Waals surface area contributed by atoms with Gasteiger partial charge in [-0.3, -0.25) is 25.5 Å². The second-order valence-corrected chi connectivity index (χ2v) is 6.44. The van der Waals surface area contributed by atoms with Crippen molar-refractivity contribution in [3.8, 4) is 17.1 Å². The summed E-state index contributed by atoms with van der Waals surface area (Å²) in [5, 5.41) is 7.25. The smallest absolute Gasteiger partial charge is 0.269 e. The number of methoxy groups -OCH3 is 1. The predicted octanol–water partition coefficient (Wildman–Crippen LogP) is 2.17. The van der Waals surface area contributed by atoms with Gasteiger partial charge in [-0.15, -0.1) is 5.10 Å². The van der Waals surface area contributed by atoms with Crippen LogP contribution in [0.25, 0.3) is 11.4 Å². The molecule has 3 aromatic rings. The minimum atomic E-state index is -0.543. The Morgan fingerprint density at radius 2 is 1.82 bits per heavy atom. The van der Waals surface area contributed by atoms with E-state index in [0.717, 1.165) is 35.2 Å². The lowest BCUT2D eigenvalue weighted by molar-refractivity contribution is -0.119. The lowest BCUT2D eigenvalue weighted by atomic mass is 10.2. The number of ether oxygens (including phenoxy) is 1. The van der Waals surface area contributed by atoms with Gasteiger partial charge in [0.2, 0.25) is 11.1 Å². The number of aromatic amines is 1. The van der Waals surface area contributed by atoms with Crippen LogP contribution in [0, 0.1) is 5.82 Å². The van der Waals surface area contributed by atoms with E-state index in [-0.39, 0.29) is 11.3 Å². The monoisotopic (exact) mass is 401 g/mol. The van der Waals surface area contributed by atoms with E-state index in [1.807, 2.05) is 24.3 Å². The molecule has 3 N–H and O–H groups in total. The first-order chi connectivity index (χ1) is 13.5. The quantitative estimate of drug-likeness (QED) is 0.432.